The van der Waals surface area contributed by atoms with Crippen molar-refractivity contribution in [1.82, 2.24) is 0 Å². The molecule has 58 valence electrons. The average Bonchev–Trinajstić information content (AvgIpc) is 2.05. The maximum absolute atomic E-state index is 5.57. The van der Waals surface area contributed by atoms with Gasteiger partial charge in [0.05, 0.1) is 0 Å². The van der Waals surface area contributed by atoms with E-state index in [2.05, 4.69) is 19.1 Å². The lowest BCUT2D eigenvalue weighted by molar-refractivity contribution is 0.392. The van der Waals surface area contributed by atoms with Crippen LogP contribution in [0.2, 0.25) is 0 Å². The lowest BCUT2D eigenvalue weighted by atomic mass is 9.86. The Kier molecular flexibility index (Phi) is 2.94. The van der Waals surface area contributed by atoms with Crippen LogP contribution in [0.25, 0.3) is 0 Å². The molecule has 10 heavy (non-hydrogen) atoms. The second kappa shape index (κ2) is 3.77. The molecular weight excluding hydrogens is 122 g/mol. The summed E-state index contributed by atoms with van der Waals surface area (Å²) in [4.78, 5) is 0. The molecule has 0 saturated carbocycles. The standard InChI is InChI=1S/C9H17N/c1-8(7-10)9-5-3-2-4-6-9/h3,5,8-9H,2,4,6-7,10H2,1H3. The number of hydrogen-bond donors (Lipinski definition) is 1. The first-order chi connectivity index (χ1) is 4.84. The Bertz CT molecular complexity index is 118. The quantitative estimate of drug-likeness (QED) is 0.581. The van der Waals surface area contributed by atoms with E-state index in [9.17, 15) is 0 Å². The van der Waals surface area contributed by atoms with Gasteiger partial charge in [-0.2, -0.15) is 0 Å². The minimum atomic E-state index is 0.677. The Labute approximate surface area is 63.3 Å². The fourth-order valence-electron chi connectivity index (χ4n) is 1.49. The molecule has 1 rings (SSSR count). The molecule has 1 nitrogen and oxygen atoms in total. The SMILES string of the molecule is CC(CN)C1C=CCCC1. The van der Waals surface area contributed by atoms with Gasteiger partial charge in [-0.15, -0.1) is 0 Å². The maximum Gasteiger partial charge on any atom is -0.00459 e. The van der Waals surface area contributed by atoms with Gasteiger partial charge in [0.15, 0.2) is 0 Å². The van der Waals surface area contributed by atoms with E-state index >= 15 is 0 Å². The smallest absolute Gasteiger partial charge is 0.00459 e. The summed E-state index contributed by atoms with van der Waals surface area (Å²) in [5, 5.41) is 0. The highest BCUT2D eigenvalue weighted by Gasteiger charge is 2.13. The molecule has 0 fully saturated rings. The predicted octanol–water partition coefficient (Wildman–Crippen LogP) is 1.94. The van der Waals surface area contributed by atoms with Crippen LogP contribution in [0.5, 0.6) is 0 Å². The number of allylic oxidation sites excluding steroid dienone is 2. The van der Waals surface area contributed by atoms with Crippen molar-refractivity contribution >= 4 is 0 Å². The summed E-state index contributed by atoms with van der Waals surface area (Å²) in [5.74, 6) is 1.44. The molecule has 0 aliphatic heterocycles. The van der Waals surface area contributed by atoms with E-state index in [-0.39, 0.29) is 0 Å². The van der Waals surface area contributed by atoms with Crippen molar-refractivity contribution in [3.63, 3.8) is 0 Å². The summed E-state index contributed by atoms with van der Waals surface area (Å²) >= 11 is 0. The summed E-state index contributed by atoms with van der Waals surface area (Å²) in [5.41, 5.74) is 5.57. The Morgan fingerprint density at radius 2 is 2.50 bits per heavy atom. The molecular formula is C9H17N. The van der Waals surface area contributed by atoms with E-state index in [1.54, 1.807) is 0 Å². The number of nitrogens with two attached hydrogens (primary N) is 1. The summed E-state index contributed by atoms with van der Waals surface area (Å²) < 4.78 is 0. The third-order valence-corrected chi connectivity index (χ3v) is 2.39. The topological polar surface area (TPSA) is 26.0 Å². The van der Waals surface area contributed by atoms with Gasteiger partial charge in [-0.3, -0.25) is 0 Å². The maximum atomic E-state index is 5.57. The van der Waals surface area contributed by atoms with Gasteiger partial charge in [-0.25, -0.2) is 0 Å². The lowest BCUT2D eigenvalue weighted by Gasteiger charge is -2.21. The van der Waals surface area contributed by atoms with Gasteiger partial charge in [0.2, 0.25) is 0 Å². The van der Waals surface area contributed by atoms with Crippen molar-refractivity contribution in [2.45, 2.75) is 26.2 Å². The predicted molar refractivity (Wildman–Crippen MR) is 44.7 cm³/mol. The van der Waals surface area contributed by atoms with E-state index in [1.807, 2.05) is 0 Å². The van der Waals surface area contributed by atoms with Crippen molar-refractivity contribution in [1.29, 1.82) is 0 Å². The van der Waals surface area contributed by atoms with Crippen LogP contribution in [0.15, 0.2) is 12.2 Å². The minimum Gasteiger partial charge on any atom is -0.330 e. The van der Waals surface area contributed by atoms with Gasteiger partial charge < -0.3 is 5.73 Å². The molecule has 2 unspecified atom stereocenters. The zero-order chi connectivity index (χ0) is 7.40. The fourth-order valence-corrected chi connectivity index (χ4v) is 1.49. The molecule has 0 saturated heterocycles. The van der Waals surface area contributed by atoms with Crippen LogP contribution in [-0.4, -0.2) is 6.54 Å². The summed E-state index contributed by atoms with van der Waals surface area (Å²) in [6.07, 6.45) is 8.59. The zero-order valence-corrected chi connectivity index (χ0v) is 6.72. The molecule has 0 aromatic rings. The molecule has 0 radical (unpaired) electrons. The van der Waals surface area contributed by atoms with Gasteiger partial charge in [0.1, 0.15) is 0 Å². The van der Waals surface area contributed by atoms with Gasteiger partial charge in [0, 0.05) is 0 Å². The zero-order valence-electron chi connectivity index (χ0n) is 6.72. The first-order valence-corrected chi connectivity index (χ1v) is 4.21. The van der Waals surface area contributed by atoms with E-state index in [0.717, 1.165) is 12.5 Å². The van der Waals surface area contributed by atoms with Gasteiger partial charge in [0.25, 0.3) is 0 Å². The van der Waals surface area contributed by atoms with Crippen molar-refractivity contribution in [3.8, 4) is 0 Å². The third-order valence-electron chi connectivity index (χ3n) is 2.39. The van der Waals surface area contributed by atoms with Crippen LogP contribution in [0.3, 0.4) is 0 Å². The van der Waals surface area contributed by atoms with E-state index in [4.69, 9.17) is 5.73 Å². The normalized spacial score (nSPS) is 28.4. The second-order valence-electron chi connectivity index (χ2n) is 3.24. The minimum absolute atomic E-state index is 0.677. The Morgan fingerprint density at radius 3 is 3.00 bits per heavy atom. The Morgan fingerprint density at radius 1 is 1.70 bits per heavy atom. The molecule has 1 aliphatic carbocycles. The van der Waals surface area contributed by atoms with Crippen molar-refractivity contribution in [2.75, 3.05) is 6.54 Å². The first kappa shape index (κ1) is 7.80. The van der Waals surface area contributed by atoms with Crippen molar-refractivity contribution in [3.05, 3.63) is 12.2 Å². The molecule has 0 aromatic heterocycles. The summed E-state index contributed by atoms with van der Waals surface area (Å²) in [6, 6.07) is 0. The largest absolute Gasteiger partial charge is 0.330 e. The lowest BCUT2D eigenvalue weighted by Crippen LogP contribution is -2.20. The van der Waals surface area contributed by atoms with Gasteiger partial charge >= 0.3 is 0 Å². The highest BCUT2D eigenvalue weighted by Crippen LogP contribution is 2.23. The van der Waals surface area contributed by atoms with Gasteiger partial charge in [-0.05, 0) is 37.6 Å². The highest BCUT2D eigenvalue weighted by molar-refractivity contribution is 4.94. The molecule has 2 atom stereocenters. The molecule has 2 N–H and O–H groups in total. The monoisotopic (exact) mass is 139 g/mol. The molecule has 0 aromatic carbocycles. The van der Waals surface area contributed by atoms with Crippen LogP contribution >= 0.6 is 0 Å². The molecule has 0 bridgehead atoms. The first-order valence-electron chi connectivity index (χ1n) is 4.21. The average molecular weight is 139 g/mol. The Balaban J connectivity index is 2.38. The van der Waals surface area contributed by atoms with Crippen LogP contribution < -0.4 is 5.73 Å². The fraction of sp³-hybridized carbons (Fsp3) is 0.778. The molecule has 0 spiro atoms. The van der Waals surface area contributed by atoms with Crippen molar-refractivity contribution in [2.24, 2.45) is 17.6 Å². The van der Waals surface area contributed by atoms with Crippen molar-refractivity contribution < 1.29 is 0 Å². The van der Waals surface area contributed by atoms with E-state index in [1.165, 1.54) is 19.3 Å². The summed E-state index contributed by atoms with van der Waals surface area (Å²) in [6.45, 7) is 3.06. The highest BCUT2D eigenvalue weighted by atomic mass is 14.5. The molecule has 0 amide bonds. The van der Waals surface area contributed by atoms with Gasteiger partial charge in [-0.1, -0.05) is 19.1 Å². The number of rotatable bonds is 2. The Hall–Kier alpha value is -0.300. The third kappa shape index (κ3) is 1.84. The molecule has 1 heteroatoms. The summed E-state index contributed by atoms with van der Waals surface area (Å²) in [7, 11) is 0. The van der Waals surface area contributed by atoms with Crippen LogP contribution in [0, 0.1) is 11.8 Å². The molecule has 0 heterocycles. The van der Waals surface area contributed by atoms with Crippen LogP contribution in [0.4, 0.5) is 0 Å². The van der Waals surface area contributed by atoms with Crippen LogP contribution in [0.1, 0.15) is 26.2 Å². The number of hydrogen-bond acceptors (Lipinski definition) is 1. The molecule has 1 aliphatic rings. The van der Waals surface area contributed by atoms with E-state index < -0.39 is 0 Å². The van der Waals surface area contributed by atoms with Crippen LogP contribution in [-0.2, 0) is 0 Å². The second-order valence-corrected chi connectivity index (χ2v) is 3.24. The van der Waals surface area contributed by atoms with E-state index in [0.29, 0.717) is 5.92 Å².